The molecule has 99 heavy (non-hydrogen) atoms. The van der Waals surface area contributed by atoms with Gasteiger partial charge < -0.3 is 18.9 Å². The van der Waals surface area contributed by atoms with Crippen LogP contribution >= 0.6 is 0 Å². The van der Waals surface area contributed by atoms with Crippen molar-refractivity contribution in [1.82, 2.24) is 9.13 Å². The van der Waals surface area contributed by atoms with Gasteiger partial charge in [0.25, 0.3) is 6.71 Å². The molecule has 15 aromatic carbocycles. The quantitative estimate of drug-likeness (QED) is 0.129. The number of nitrogens with zero attached hydrogens (tertiary/aromatic N) is 4. The van der Waals surface area contributed by atoms with Gasteiger partial charge in [-0.15, -0.1) is 0 Å². The lowest BCUT2D eigenvalue weighted by atomic mass is 9.33. The van der Waals surface area contributed by atoms with Gasteiger partial charge in [0.1, 0.15) is 0 Å². The van der Waals surface area contributed by atoms with Crippen molar-refractivity contribution in [3.8, 4) is 11.4 Å². The minimum absolute atomic E-state index is 0.0275. The highest BCUT2D eigenvalue weighted by molar-refractivity contribution is 7.00. The molecule has 2 aliphatic rings. The summed E-state index contributed by atoms with van der Waals surface area (Å²) in [5.74, 6) is 0. The number of rotatable bonds is 4. The van der Waals surface area contributed by atoms with Crippen LogP contribution in [0.15, 0.2) is 261 Å². The van der Waals surface area contributed by atoms with Gasteiger partial charge in [-0.3, -0.25) is 0 Å². The van der Waals surface area contributed by atoms with E-state index in [-0.39, 0.29) is 28.4 Å². The largest absolute Gasteiger partial charge is 0.311 e. The molecule has 17 aromatic rings. The van der Waals surface area contributed by atoms with Gasteiger partial charge in [-0.1, -0.05) is 235 Å². The van der Waals surface area contributed by atoms with Gasteiger partial charge in [0.05, 0.1) is 22.1 Å². The van der Waals surface area contributed by atoms with Gasteiger partial charge in [0.2, 0.25) is 0 Å². The van der Waals surface area contributed by atoms with Crippen LogP contribution in [0.25, 0.3) is 120 Å². The molecule has 0 N–H and O–H groups in total. The van der Waals surface area contributed by atoms with Gasteiger partial charge in [0.15, 0.2) is 0 Å². The number of fused-ring (bicyclic) bond motifs is 22. The van der Waals surface area contributed by atoms with Crippen LogP contribution in [0.3, 0.4) is 0 Å². The first-order chi connectivity index (χ1) is 47.6. The molecule has 0 unspecified atom stereocenters. The van der Waals surface area contributed by atoms with Crippen molar-refractivity contribution in [3.63, 3.8) is 0 Å². The predicted molar refractivity (Wildman–Crippen MR) is 429 cm³/mol. The highest BCUT2D eigenvalue weighted by Gasteiger charge is 2.44. The van der Waals surface area contributed by atoms with E-state index in [2.05, 4.69) is 363 Å². The number of hydrogen-bond acceptors (Lipinski definition) is 2. The molecule has 478 valence electrons. The Labute approximate surface area is 580 Å². The van der Waals surface area contributed by atoms with Crippen LogP contribution in [0, 0.1) is 0 Å². The van der Waals surface area contributed by atoms with E-state index in [4.69, 9.17) is 0 Å². The van der Waals surface area contributed by atoms with Gasteiger partial charge in [0, 0.05) is 67.0 Å². The molecule has 0 spiro atoms. The Morgan fingerprint density at radius 1 is 0.212 bits per heavy atom. The van der Waals surface area contributed by atoms with E-state index in [1.807, 2.05) is 0 Å². The Hall–Kier alpha value is -10.9. The predicted octanol–water partition coefficient (Wildman–Crippen LogP) is 24.1. The molecule has 0 fully saturated rings. The Morgan fingerprint density at radius 2 is 0.485 bits per heavy atom. The van der Waals surface area contributed by atoms with Gasteiger partial charge >= 0.3 is 0 Å². The average Bonchev–Trinajstić information content (AvgIpc) is 1.00. The van der Waals surface area contributed by atoms with E-state index < -0.39 is 0 Å². The van der Waals surface area contributed by atoms with Crippen LogP contribution in [0.4, 0.5) is 34.1 Å². The van der Waals surface area contributed by atoms with E-state index in [9.17, 15) is 0 Å². The van der Waals surface area contributed by atoms with Crippen molar-refractivity contribution < 1.29 is 0 Å². The van der Waals surface area contributed by atoms with E-state index in [1.165, 1.54) is 170 Å². The maximum atomic E-state index is 2.62. The normalized spacial score (nSPS) is 13.6. The van der Waals surface area contributed by atoms with Crippen LogP contribution < -0.4 is 26.2 Å². The molecular formula is C94H79BN4. The first kappa shape index (κ1) is 59.4. The summed E-state index contributed by atoms with van der Waals surface area (Å²) >= 11 is 0. The third-order valence-corrected chi connectivity index (χ3v) is 22.4. The summed E-state index contributed by atoms with van der Waals surface area (Å²) in [4.78, 5) is 5.24. The maximum Gasteiger partial charge on any atom is 0.252 e. The van der Waals surface area contributed by atoms with E-state index in [0.29, 0.717) is 0 Å². The summed E-state index contributed by atoms with van der Waals surface area (Å²) in [6.45, 7) is 27.8. The number of hydrogen-bond donors (Lipinski definition) is 0. The van der Waals surface area contributed by atoms with Crippen LogP contribution in [-0.2, 0) is 21.7 Å². The fraction of sp³-hybridized carbons (Fsp3) is 0.170. The van der Waals surface area contributed by atoms with Crippen LogP contribution in [0.5, 0.6) is 0 Å². The standard InChI is InChI=1S/C94H79BN4/c1-91(2,3)56-32-44-82-76(48-56)77-49-57(92(4,5)6)33-45-83(77)96(82)62-38-42-80-88(54-62)98(60-36-40-72-68-26-15-13-22-64(68)66-24-17-19-28-70(66)74(72)52-60)86-30-21-31-87-90(86)95(80)81-43-39-63(97-84-46-34-58(93(7,8)9)50-78(84)79-51-59(94(10,11)12)35-47-85(79)97)55-89(81)99(87)61-37-41-73-69-27-16-14-23-65(69)67-25-18-20-29-71(67)75(73)53-61/h13-55H,1-12H3. The molecule has 2 aromatic heterocycles. The van der Waals surface area contributed by atoms with Crippen molar-refractivity contribution in [2.45, 2.75) is 105 Å². The van der Waals surface area contributed by atoms with E-state index in [1.54, 1.807) is 0 Å². The third kappa shape index (κ3) is 8.85. The van der Waals surface area contributed by atoms with Gasteiger partial charge in [-0.05, 0) is 234 Å². The Kier molecular flexibility index (Phi) is 12.5. The van der Waals surface area contributed by atoms with Crippen molar-refractivity contribution in [1.29, 1.82) is 0 Å². The second-order valence-electron chi connectivity index (χ2n) is 32.5. The number of anilines is 6. The summed E-state index contributed by atoms with van der Waals surface area (Å²) in [7, 11) is 0. The molecule has 0 aliphatic carbocycles. The molecule has 0 atom stereocenters. The second kappa shape index (κ2) is 20.8. The van der Waals surface area contributed by atoms with Crippen molar-refractivity contribution in [3.05, 3.63) is 283 Å². The zero-order valence-electron chi connectivity index (χ0n) is 58.7. The molecule has 0 bridgehead atoms. The number of aromatic nitrogens is 2. The molecule has 0 saturated heterocycles. The zero-order chi connectivity index (χ0) is 67.5. The number of benzene rings is 15. The summed E-state index contributed by atoms with van der Waals surface area (Å²) in [6, 6.07) is 101. The monoisotopic (exact) mass is 1270 g/mol. The molecule has 0 radical (unpaired) electrons. The highest BCUT2D eigenvalue weighted by Crippen LogP contribution is 2.50. The summed E-state index contributed by atoms with van der Waals surface area (Å²) in [5, 5.41) is 20.2. The van der Waals surface area contributed by atoms with Gasteiger partial charge in [-0.2, -0.15) is 0 Å². The second-order valence-corrected chi connectivity index (χ2v) is 32.5. The minimum Gasteiger partial charge on any atom is -0.311 e. The van der Waals surface area contributed by atoms with E-state index in [0.717, 1.165) is 22.7 Å². The first-order valence-corrected chi connectivity index (χ1v) is 35.5. The molecule has 2 aliphatic heterocycles. The lowest BCUT2D eigenvalue weighted by molar-refractivity contribution is 0.590. The Morgan fingerprint density at radius 3 is 0.778 bits per heavy atom. The molecule has 4 nitrogen and oxygen atoms in total. The van der Waals surface area contributed by atoms with Crippen molar-refractivity contribution >= 4 is 165 Å². The highest BCUT2D eigenvalue weighted by atomic mass is 15.2. The van der Waals surface area contributed by atoms with Gasteiger partial charge in [-0.25, -0.2) is 0 Å². The SMILES string of the molecule is CC(C)(C)c1ccc2c(c1)c1cc(C(C)(C)C)ccc1n2-c1ccc2c(c1)N(c1ccc3c4ccccc4c4ccccc4c3c1)c1cccc3c1B2c1ccc(-n2c4ccc(C(C)(C)C)cc4c4cc(C(C)(C)C)ccc42)cc1N3c1ccc2c3ccccc3c3ccccc3c2c1. The van der Waals surface area contributed by atoms with E-state index >= 15 is 0 Å². The fourth-order valence-electron chi connectivity index (χ4n) is 17.3. The Bertz CT molecular complexity index is 5770. The maximum absolute atomic E-state index is 2.62. The lowest BCUT2D eigenvalue weighted by Gasteiger charge is -2.44. The zero-order valence-corrected chi connectivity index (χ0v) is 58.7. The third-order valence-electron chi connectivity index (χ3n) is 22.4. The summed E-state index contributed by atoms with van der Waals surface area (Å²) < 4.78 is 5.09. The molecular weight excluding hydrogens is 1200 g/mol. The van der Waals surface area contributed by atoms with Crippen molar-refractivity contribution in [2.24, 2.45) is 0 Å². The topological polar surface area (TPSA) is 16.3 Å². The molecule has 19 rings (SSSR count). The average molecular weight is 1280 g/mol. The van der Waals surface area contributed by atoms with Crippen LogP contribution in [-0.4, -0.2) is 15.8 Å². The summed E-state index contributed by atoms with van der Waals surface area (Å²) in [6.07, 6.45) is 0. The molecule has 0 amide bonds. The Balaban J connectivity index is 0.909. The molecule has 5 heteroatoms. The summed E-state index contributed by atoms with van der Waals surface area (Å²) in [5.41, 5.74) is 23.0. The fourth-order valence-corrected chi connectivity index (χ4v) is 17.3. The van der Waals surface area contributed by atoms with Crippen LogP contribution in [0.2, 0.25) is 0 Å². The lowest BCUT2D eigenvalue weighted by Crippen LogP contribution is -2.61. The van der Waals surface area contributed by atoms with Crippen molar-refractivity contribution in [2.75, 3.05) is 9.80 Å². The van der Waals surface area contributed by atoms with Crippen LogP contribution in [0.1, 0.15) is 105 Å². The minimum atomic E-state index is -0.143. The molecule has 0 saturated carbocycles. The first-order valence-electron chi connectivity index (χ1n) is 35.5. The molecule has 4 heterocycles. The smallest absolute Gasteiger partial charge is 0.252 e.